The minimum Gasteiger partial charge on any atom is -0.496 e. The number of imidazole rings is 1. The molecular weight excluding hydrogens is 382 g/mol. The number of hydrogen-bond donors (Lipinski definition) is 1. The van der Waals surface area contributed by atoms with E-state index in [4.69, 9.17) is 16.3 Å². The minimum absolute atomic E-state index is 0.278. The number of ether oxygens (including phenoxy) is 1. The normalized spacial score (nSPS) is 10.9. The second-order valence-electron chi connectivity index (χ2n) is 6.03. The fraction of sp³-hybridized carbons (Fsp3) is 0.100. The van der Waals surface area contributed by atoms with Crippen LogP contribution in [0.15, 0.2) is 54.0 Å². The molecule has 0 aliphatic carbocycles. The number of methoxy groups -OCH3 is 1. The fourth-order valence-corrected chi connectivity index (χ4v) is 3.84. The summed E-state index contributed by atoms with van der Waals surface area (Å²) in [4.78, 5) is 18.2. The summed E-state index contributed by atoms with van der Waals surface area (Å²) < 4.78 is 7.31. The van der Waals surface area contributed by atoms with Crippen LogP contribution in [0.4, 0.5) is 5.69 Å². The van der Waals surface area contributed by atoms with Crippen LogP contribution in [0.5, 0.6) is 5.75 Å². The molecule has 0 spiro atoms. The van der Waals surface area contributed by atoms with Crippen LogP contribution < -0.4 is 10.1 Å². The first-order chi connectivity index (χ1) is 13.0. The molecule has 0 bridgehead atoms. The Bertz CT molecular complexity index is 1130. The highest BCUT2D eigenvalue weighted by Crippen LogP contribution is 2.26. The molecule has 4 aromatic rings. The Kier molecular flexibility index (Phi) is 4.59. The Labute approximate surface area is 165 Å². The Balaban J connectivity index is 1.55. The summed E-state index contributed by atoms with van der Waals surface area (Å²) in [5, 5.41) is 5.42. The summed E-state index contributed by atoms with van der Waals surface area (Å²) in [7, 11) is 1.52. The maximum absolute atomic E-state index is 12.6. The van der Waals surface area contributed by atoms with E-state index in [9.17, 15) is 4.79 Å². The molecule has 0 unspecified atom stereocenters. The minimum atomic E-state index is -0.278. The topological polar surface area (TPSA) is 55.6 Å². The number of nitrogens with zero attached hydrogens (tertiary/aromatic N) is 2. The quantitative estimate of drug-likeness (QED) is 0.509. The molecule has 1 amide bonds. The van der Waals surface area contributed by atoms with Crippen molar-refractivity contribution in [2.45, 2.75) is 6.92 Å². The number of fused-ring (bicyclic) bond motifs is 1. The smallest absolute Gasteiger partial charge is 0.259 e. The van der Waals surface area contributed by atoms with Crippen molar-refractivity contribution in [3.8, 4) is 17.0 Å². The van der Waals surface area contributed by atoms with E-state index >= 15 is 0 Å². The van der Waals surface area contributed by atoms with Gasteiger partial charge in [-0.15, -0.1) is 11.3 Å². The molecule has 0 atom stereocenters. The number of halogens is 1. The predicted molar refractivity (Wildman–Crippen MR) is 109 cm³/mol. The highest BCUT2D eigenvalue weighted by atomic mass is 35.5. The van der Waals surface area contributed by atoms with Crippen molar-refractivity contribution < 1.29 is 9.53 Å². The molecule has 4 rings (SSSR count). The lowest BCUT2D eigenvalue weighted by atomic mass is 10.1. The number of carbonyl (C=O) groups excluding carboxylic acids is 1. The Hall–Kier alpha value is -2.83. The molecular formula is C20H16ClN3O2S. The number of carbonyl (C=O) groups is 1. The second kappa shape index (κ2) is 7.06. The molecule has 0 aliphatic heterocycles. The zero-order chi connectivity index (χ0) is 19.0. The number of amides is 1. The summed E-state index contributed by atoms with van der Waals surface area (Å²) in [6.07, 6.45) is 2.02. The zero-order valence-corrected chi connectivity index (χ0v) is 16.3. The van der Waals surface area contributed by atoms with Gasteiger partial charge in [0.15, 0.2) is 4.96 Å². The predicted octanol–water partition coefficient (Wildman–Crippen LogP) is 5.29. The summed E-state index contributed by atoms with van der Waals surface area (Å²) in [5.41, 5.74) is 4.12. The number of anilines is 1. The molecule has 2 aromatic heterocycles. The van der Waals surface area contributed by atoms with Gasteiger partial charge in [-0.05, 0) is 37.3 Å². The summed E-state index contributed by atoms with van der Waals surface area (Å²) in [6.45, 7) is 2.05. The van der Waals surface area contributed by atoms with Gasteiger partial charge in [-0.25, -0.2) is 4.98 Å². The summed E-state index contributed by atoms with van der Waals surface area (Å²) in [5.74, 6) is 0.196. The van der Waals surface area contributed by atoms with Crippen LogP contribution in [0.2, 0.25) is 5.02 Å². The van der Waals surface area contributed by atoms with E-state index in [1.165, 1.54) is 7.11 Å². The van der Waals surface area contributed by atoms with Gasteiger partial charge in [0.1, 0.15) is 5.75 Å². The van der Waals surface area contributed by atoms with Gasteiger partial charge >= 0.3 is 0 Å². The maximum Gasteiger partial charge on any atom is 0.259 e. The van der Waals surface area contributed by atoms with Crippen molar-refractivity contribution in [1.29, 1.82) is 0 Å². The number of aromatic nitrogens is 2. The van der Waals surface area contributed by atoms with E-state index in [1.807, 2.05) is 30.5 Å². The fourth-order valence-electron chi connectivity index (χ4n) is 2.81. The highest BCUT2D eigenvalue weighted by molar-refractivity contribution is 7.15. The van der Waals surface area contributed by atoms with Gasteiger partial charge in [-0.2, -0.15) is 0 Å². The number of nitrogens with one attached hydrogen (secondary N) is 1. The Morgan fingerprint density at radius 3 is 2.70 bits per heavy atom. The third-order valence-corrected chi connectivity index (χ3v) is 5.43. The molecule has 7 heteroatoms. The first-order valence-electron chi connectivity index (χ1n) is 8.23. The van der Waals surface area contributed by atoms with Crippen molar-refractivity contribution in [1.82, 2.24) is 9.38 Å². The van der Waals surface area contributed by atoms with Crippen molar-refractivity contribution in [2.75, 3.05) is 12.4 Å². The van der Waals surface area contributed by atoms with Crippen LogP contribution in [0.3, 0.4) is 0 Å². The third kappa shape index (κ3) is 3.41. The van der Waals surface area contributed by atoms with Gasteiger partial charge in [0.05, 0.1) is 18.4 Å². The molecule has 2 aromatic carbocycles. The summed E-state index contributed by atoms with van der Waals surface area (Å²) in [6, 6.07) is 12.5. The Morgan fingerprint density at radius 2 is 2.00 bits per heavy atom. The van der Waals surface area contributed by atoms with Crippen molar-refractivity contribution in [3.63, 3.8) is 0 Å². The molecule has 0 aliphatic rings. The van der Waals surface area contributed by atoms with Crippen molar-refractivity contribution in [2.24, 2.45) is 0 Å². The van der Waals surface area contributed by atoms with Crippen LogP contribution in [-0.4, -0.2) is 22.4 Å². The van der Waals surface area contributed by atoms with E-state index in [1.54, 1.807) is 29.5 Å². The van der Waals surface area contributed by atoms with Crippen LogP contribution in [0, 0.1) is 6.92 Å². The van der Waals surface area contributed by atoms with Gasteiger partial charge in [0, 0.05) is 33.5 Å². The maximum atomic E-state index is 12.6. The largest absolute Gasteiger partial charge is 0.496 e. The van der Waals surface area contributed by atoms with E-state index in [0.29, 0.717) is 22.0 Å². The zero-order valence-electron chi connectivity index (χ0n) is 14.7. The molecule has 1 N–H and O–H groups in total. The molecule has 136 valence electrons. The van der Waals surface area contributed by atoms with E-state index in [-0.39, 0.29) is 5.91 Å². The monoisotopic (exact) mass is 397 g/mol. The molecule has 0 radical (unpaired) electrons. The van der Waals surface area contributed by atoms with Gasteiger partial charge in [-0.3, -0.25) is 9.20 Å². The molecule has 2 heterocycles. The number of aryl methyl sites for hydroxylation is 1. The average molecular weight is 398 g/mol. The number of thiazole rings is 1. The average Bonchev–Trinajstić information content (AvgIpc) is 3.24. The van der Waals surface area contributed by atoms with Gasteiger partial charge in [0.2, 0.25) is 0 Å². The van der Waals surface area contributed by atoms with E-state index in [0.717, 1.165) is 21.9 Å². The first-order valence-corrected chi connectivity index (χ1v) is 9.49. The lowest BCUT2D eigenvalue weighted by molar-refractivity contribution is 0.102. The van der Waals surface area contributed by atoms with Crippen LogP contribution >= 0.6 is 22.9 Å². The van der Waals surface area contributed by atoms with E-state index in [2.05, 4.69) is 27.0 Å². The summed E-state index contributed by atoms with van der Waals surface area (Å²) >= 11 is 7.62. The van der Waals surface area contributed by atoms with Crippen molar-refractivity contribution in [3.05, 3.63) is 70.3 Å². The number of hydrogen-bond acceptors (Lipinski definition) is 4. The lowest BCUT2D eigenvalue weighted by Crippen LogP contribution is -2.13. The first kappa shape index (κ1) is 17.6. The van der Waals surface area contributed by atoms with Crippen molar-refractivity contribution >= 4 is 39.5 Å². The number of rotatable bonds is 4. The van der Waals surface area contributed by atoms with Crippen LogP contribution in [0.25, 0.3) is 16.2 Å². The Morgan fingerprint density at radius 1 is 1.22 bits per heavy atom. The SMILES string of the molecule is COc1ccc(Cl)cc1C(=O)Nc1ccc(-c2cn3c(C)csc3n2)cc1. The number of benzene rings is 2. The van der Waals surface area contributed by atoms with Gasteiger partial charge in [0.25, 0.3) is 5.91 Å². The highest BCUT2D eigenvalue weighted by Gasteiger charge is 2.14. The standard InChI is InChI=1S/C20H16ClN3O2S/c1-12-11-27-20-23-17(10-24(12)20)13-3-6-15(7-4-13)22-19(25)16-9-14(21)5-8-18(16)26-2/h3-11H,1-2H3,(H,22,25). The molecule has 0 saturated heterocycles. The molecule has 5 nitrogen and oxygen atoms in total. The van der Waals surface area contributed by atoms with Gasteiger partial charge < -0.3 is 10.1 Å². The molecule has 0 saturated carbocycles. The molecule has 0 fully saturated rings. The van der Waals surface area contributed by atoms with Crippen LogP contribution in [-0.2, 0) is 0 Å². The van der Waals surface area contributed by atoms with Gasteiger partial charge in [-0.1, -0.05) is 23.7 Å². The third-order valence-electron chi connectivity index (χ3n) is 4.23. The second-order valence-corrected chi connectivity index (χ2v) is 7.30. The van der Waals surface area contributed by atoms with Crippen LogP contribution in [0.1, 0.15) is 16.1 Å². The van der Waals surface area contributed by atoms with E-state index < -0.39 is 0 Å². The molecule has 27 heavy (non-hydrogen) atoms. The lowest BCUT2D eigenvalue weighted by Gasteiger charge is -2.10.